The molecule has 0 aliphatic carbocycles. The van der Waals surface area contributed by atoms with Gasteiger partial charge in [0, 0.05) is 11.6 Å². The van der Waals surface area contributed by atoms with E-state index in [1.54, 1.807) is 42.7 Å². The van der Waals surface area contributed by atoms with Gasteiger partial charge in [0.1, 0.15) is 5.75 Å². The summed E-state index contributed by atoms with van der Waals surface area (Å²) in [5.41, 5.74) is 2.32. The predicted octanol–water partition coefficient (Wildman–Crippen LogP) is 5.90. The van der Waals surface area contributed by atoms with Crippen LogP contribution in [0.4, 0.5) is 13.2 Å². The van der Waals surface area contributed by atoms with Gasteiger partial charge in [-0.25, -0.2) is 4.98 Å². The minimum absolute atomic E-state index is 0.264. The van der Waals surface area contributed by atoms with Crippen molar-refractivity contribution < 1.29 is 22.3 Å². The van der Waals surface area contributed by atoms with E-state index in [2.05, 4.69) is 9.72 Å². The monoisotopic (exact) mass is 392 g/mol. The number of rotatable bonds is 4. The van der Waals surface area contributed by atoms with Crippen LogP contribution in [0.1, 0.15) is 5.56 Å². The lowest BCUT2D eigenvalue weighted by atomic mass is 10.2. The number of fused-ring (bicyclic) bond motifs is 1. The molecule has 8 heteroatoms. The molecule has 0 aliphatic heterocycles. The van der Waals surface area contributed by atoms with Crippen LogP contribution in [0.15, 0.2) is 65.3 Å². The van der Waals surface area contributed by atoms with E-state index in [9.17, 15) is 13.2 Å². The molecule has 4 aromatic rings. The van der Waals surface area contributed by atoms with Gasteiger partial charge in [-0.15, -0.1) is 13.2 Å². The zero-order valence-corrected chi connectivity index (χ0v) is 14.5. The van der Waals surface area contributed by atoms with Crippen LogP contribution in [0.5, 0.6) is 5.75 Å². The van der Waals surface area contributed by atoms with E-state index in [1.807, 2.05) is 10.6 Å². The number of nitrogens with zero attached hydrogens (tertiary/aromatic N) is 2. The molecule has 2 heterocycles. The molecule has 4 rings (SSSR count). The second-order valence-electron chi connectivity index (χ2n) is 5.82. The second-order valence-corrected chi connectivity index (χ2v) is 6.26. The van der Waals surface area contributed by atoms with Crippen LogP contribution in [0.3, 0.4) is 0 Å². The molecule has 0 unspecified atom stereocenters. The average Bonchev–Trinajstić information content (AvgIpc) is 3.23. The van der Waals surface area contributed by atoms with E-state index < -0.39 is 6.36 Å². The zero-order chi connectivity index (χ0) is 19.0. The molecule has 0 bridgehead atoms. The van der Waals surface area contributed by atoms with Crippen molar-refractivity contribution >= 4 is 22.6 Å². The van der Waals surface area contributed by atoms with Gasteiger partial charge < -0.3 is 13.7 Å². The molecule has 0 aliphatic rings. The van der Waals surface area contributed by atoms with Crippen LogP contribution in [0.2, 0.25) is 5.02 Å². The van der Waals surface area contributed by atoms with Gasteiger partial charge >= 0.3 is 6.36 Å². The maximum atomic E-state index is 12.3. The van der Waals surface area contributed by atoms with Crippen molar-refractivity contribution in [2.45, 2.75) is 12.9 Å². The fourth-order valence-corrected chi connectivity index (χ4v) is 3.00. The highest BCUT2D eigenvalue weighted by atomic mass is 35.5. The molecule has 138 valence electrons. The number of hydrogen-bond donors (Lipinski definition) is 0. The predicted molar refractivity (Wildman–Crippen MR) is 94.7 cm³/mol. The van der Waals surface area contributed by atoms with E-state index in [-0.39, 0.29) is 5.75 Å². The summed E-state index contributed by atoms with van der Waals surface area (Å²) < 4.78 is 48.2. The quantitative estimate of drug-likeness (QED) is 0.434. The van der Waals surface area contributed by atoms with Gasteiger partial charge in [0.2, 0.25) is 0 Å². The normalized spacial score (nSPS) is 11.9. The Labute approximate surface area is 156 Å². The molecule has 2 aromatic carbocycles. The Morgan fingerprint density at radius 1 is 1.07 bits per heavy atom. The first-order valence-corrected chi connectivity index (χ1v) is 8.31. The van der Waals surface area contributed by atoms with Crippen molar-refractivity contribution in [2.75, 3.05) is 0 Å². The Bertz CT molecular complexity index is 1070. The van der Waals surface area contributed by atoms with Gasteiger partial charge in [-0.05, 0) is 48.0 Å². The molecule has 0 radical (unpaired) electrons. The number of furan rings is 1. The third kappa shape index (κ3) is 3.78. The number of ether oxygens (including phenoxy) is 1. The lowest BCUT2D eigenvalue weighted by Gasteiger charge is -2.11. The van der Waals surface area contributed by atoms with Crippen molar-refractivity contribution in [2.24, 2.45) is 0 Å². The van der Waals surface area contributed by atoms with Crippen LogP contribution in [0.25, 0.3) is 22.6 Å². The van der Waals surface area contributed by atoms with Gasteiger partial charge in [-0.1, -0.05) is 23.7 Å². The molecule has 0 spiro atoms. The van der Waals surface area contributed by atoms with E-state index in [0.717, 1.165) is 11.1 Å². The molecular formula is C19H12ClF3N2O2. The lowest BCUT2D eigenvalue weighted by molar-refractivity contribution is -0.274. The topological polar surface area (TPSA) is 40.2 Å². The third-order valence-corrected chi connectivity index (χ3v) is 4.18. The van der Waals surface area contributed by atoms with Crippen molar-refractivity contribution in [3.8, 4) is 17.3 Å². The smallest absolute Gasteiger partial charge is 0.461 e. The molecular weight excluding hydrogens is 381 g/mol. The Morgan fingerprint density at radius 3 is 2.52 bits per heavy atom. The van der Waals surface area contributed by atoms with E-state index in [0.29, 0.717) is 28.7 Å². The van der Waals surface area contributed by atoms with Crippen molar-refractivity contribution in [1.29, 1.82) is 0 Å². The number of halogens is 4. The van der Waals surface area contributed by atoms with Crippen molar-refractivity contribution in [3.63, 3.8) is 0 Å². The Hall–Kier alpha value is -2.93. The maximum absolute atomic E-state index is 12.3. The largest absolute Gasteiger partial charge is 0.573 e. The van der Waals surface area contributed by atoms with Crippen molar-refractivity contribution in [3.05, 3.63) is 71.4 Å². The number of imidazole rings is 1. The summed E-state index contributed by atoms with van der Waals surface area (Å²) in [7, 11) is 0. The van der Waals surface area contributed by atoms with Crippen molar-refractivity contribution in [1.82, 2.24) is 9.55 Å². The number of aromatic nitrogens is 2. The molecule has 0 amide bonds. The molecule has 0 N–H and O–H groups in total. The highest BCUT2D eigenvalue weighted by Crippen LogP contribution is 2.29. The standard InChI is InChI=1S/C19H12ClF3N2O2/c20-13-5-8-16-15(10-13)24-18(17-2-1-9-26-17)25(16)11-12-3-6-14(7-4-12)27-19(21,22)23/h1-10H,11H2. The fraction of sp³-hybridized carbons (Fsp3) is 0.105. The summed E-state index contributed by atoms with van der Waals surface area (Å²) in [6, 6.07) is 14.6. The fourth-order valence-electron chi connectivity index (χ4n) is 2.84. The first-order chi connectivity index (χ1) is 12.9. The summed E-state index contributed by atoms with van der Waals surface area (Å²) >= 11 is 6.06. The molecule has 2 aromatic heterocycles. The van der Waals surface area contributed by atoms with Crippen LogP contribution < -0.4 is 4.74 Å². The summed E-state index contributed by atoms with van der Waals surface area (Å²) in [6.07, 6.45) is -3.16. The summed E-state index contributed by atoms with van der Waals surface area (Å²) in [6.45, 7) is 0.389. The van der Waals surface area contributed by atoms with Gasteiger partial charge in [-0.2, -0.15) is 0 Å². The third-order valence-electron chi connectivity index (χ3n) is 3.95. The molecule has 27 heavy (non-hydrogen) atoms. The minimum Gasteiger partial charge on any atom is -0.461 e. The summed E-state index contributed by atoms with van der Waals surface area (Å²) in [5.74, 6) is 0.923. The van der Waals surface area contributed by atoms with Gasteiger partial charge in [0.15, 0.2) is 11.6 Å². The zero-order valence-electron chi connectivity index (χ0n) is 13.7. The van der Waals surface area contributed by atoms with Crippen LogP contribution >= 0.6 is 11.6 Å². The summed E-state index contributed by atoms with van der Waals surface area (Å²) in [4.78, 5) is 4.59. The van der Waals surface area contributed by atoms with E-state index >= 15 is 0 Å². The van der Waals surface area contributed by atoms with Gasteiger partial charge in [0.05, 0.1) is 17.3 Å². The molecule has 0 saturated heterocycles. The highest BCUT2D eigenvalue weighted by molar-refractivity contribution is 6.31. The average molecular weight is 393 g/mol. The second kappa shape index (κ2) is 6.66. The molecule has 4 nitrogen and oxygen atoms in total. The number of hydrogen-bond acceptors (Lipinski definition) is 3. The van der Waals surface area contributed by atoms with Crippen LogP contribution in [-0.4, -0.2) is 15.9 Å². The molecule has 0 atom stereocenters. The first-order valence-electron chi connectivity index (χ1n) is 7.93. The molecule has 0 fully saturated rings. The Balaban J connectivity index is 1.72. The highest BCUT2D eigenvalue weighted by Gasteiger charge is 2.31. The van der Waals surface area contributed by atoms with Gasteiger partial charge in [0.25, 0.3) is 0 Å². The van der Waals surface area contributed by atoms with E-state index in [4.69, 9.17) is 16.0 Å². The van der Waals surface area contributed by atoms with Gasteiger partial charge in [-0.3, -0.25) is 0 Å². The SMILES string of the molecule is FC(F)(F)Oc1ccc(Cn2c(-c3ccco3)nc3cc(Cl)ccc32)cc1. The Morgan fingerprint density at radius 2 is 1.85 bits per heavy atom. The van der Waals surface area contributed by atoms with Crippen LogP contribution in [0, 0.1) is 0 Å². The molecule has 0 saturated carbocycles. The van der Waals surface area contributed by atoms with E-state index in [1.165, 1.54) is 12.1 Å². The first kappa shape index (κ1) is 17.5. The number of alkyl halides is 3. The number of benzene rings is 2. The summed E-state index contributed by atoms with van der Waals surface area (Å²) in [5, 5.41) is 0.562. The Kier molecular flexibility index (Phi) is 4.31. The maximum Gasteiger partial charge on any atom is 0.573 e. The lowest BCUT2D eigenvalue weighted by Crippen LogP contribution is -2.17. The minimum atomic E-state index is -4.71. The van der Waals surface area contributed by atoms with Crippen LogP contribution in [-0.2, 0) is 6.54 Å².